The summed E-state index contributed by atoms with van der Waals surface area (Å²) in [5, 5.41) is 9.31. The number of fused-ring (bicyclic) bond motifs is 5. The second-order valence-electron chi connectivity index (χ2n) is 8.23. The number of hydrogen-bond donors (Lipinski definition) is 0. The van der Waals surface area contributed by atoms with E-state index in [9.17, 15) is 0 Å². The molecule has 32 heavy (non-hydrogen) atoms. The molecule has 1 fully saturated rings. The Kier molecular flexibility index (Phi) is 4.24. The molecule has 2 aliphatic rings. The van der Waals surface area contributed by atoms with Crippen molar-refractivity contribution in [3.63, 3.8) is 0 Å². The lowest BCUT2D eigenvalue weighted by Gasteiger charge is -2.21. The molecule has 1 aliphatic carbocycles. The van der Waals surface area contributed by atoms with Crippen LogP contribution in [0.15, 0.2) is 54.7 Å². The summed E-state index contributed by atoms with van der Waals surface area (Å²) in [6.07, 6.45) is 4.41. The first-order valence-electron chi connectivity index (χ1n) is 10.8. The van der Waals surface area contributed by atoms with Gasteiger partial charge in [0.2, 0.25) is 5.75 Å². The highest BCUT2D eigenvalue weighted by atomic mass is 16.5. The molecule has 0 radical (unpaired) electrons. The number of nitrogens with zero attached hydrogens (tertiary/aromatic N) is 4. The minimum Gasteiger partial charge on any atom is -0.493 e. The molecule has 7 heteroatoms. The number of rotatable bonds is 5. The van der Waals surface area contributed by atoms with E-state index in [2.05, 4.69) is 51.4 Å². The first-order valence-corrected chi connectivity index (χ1v) is 10.8. The Bertz CT molecular complexity index is 1290. The van der Waals surface area contributed by atoms with Crippen LogP contribution in [0, 0.1) is 0 Å². The van der Waals surface area contributed by atoms with Crippen LogP contribution >= 0.6 is 0 Å². The Morgan fingerprint density at radius 3 is 2.25 bits per heavy atom. The zero-order valence-electron chi connectivity index (χ0n) is 18.3. The monoisotopic (exact) mass is 428 g/mol. The van der Waals surface area contributed by atoms with Crippen molar-refractivity contribution in [2.75, 3.05) is 21.3 Å². The first kappa shape index (κ1) is 19.0. The van der Waals surface area contributed by atoms with E-state index in [1.165, 1.54) is 0 Å². The fraction of sp³-hybridized carbons (Fsp3) is 0.280. The van der Waals surface area contributed by atoms with E-state index in [0.29, 0.717) is 23.2 Å². The summed E-state index contributed by atoms with van der Waals surface area (Å²) in [7, 11) is 4.92. The van der Waals surface area contributed by atoms with E-state index in [1.54, 1.807) is 21.3 Å². The van der Waals surface area contributed by atoms with Crippen LogP contribution in [-0.2, 0) is 0 Å². The molecule has 1 unspecified atom stereocenters. The van der Waals surface area contributed by atoms with E-state index in [0.717, 1.165) is 46.9 Å². The molecule has 0 N–H and O–H groups in total. The number of aromatic nitrogens is 4. The maximum Gasteiger partial charge on any atom is 0.203 e. The van der Waals surface area contributed by atoms with Crippen LogP contribution in [0.1, 0.15) is 47.3 Å². The van der Waals surface area contributed by atoms with Gasteiger partial charge in [-0.1, -0.05) is 17.3 Å². The molecule has 0 amide bonds. The number of ether oxygens (including phenoxy) is 3. The number of para-hydroxylation sites is 2. The average molecular weight is 428 g/mol. The number of methoxy groups -OCH3 is 3. The normalized spacial score (nSPS) is 16.5. The van der Waals surface area contributed by atoms with Crippen molar-refractivity contribution in [1.82, 2.24) is 19.6 Å². The highest BCUT2D eigenvalue weighted by molar-refractivity contribution is 5.62. The second kappa shape index (κ2) is 7.15. The van der Waals surface area contributed by atoms with Crippen molar-refractivity contribution >= 4 is 0 Å². The zero-order valence-corrected chi connectivity index (χ0v) is 18.3. The van der Waals surface area contributed by atoms with Crippen molar-refractivity contribution in [2.24, 2.45) is 0 Å². The molecule has 0 spiro atoms. The van der Waals surface area contributed by atoms with Gasteiger partial charge in [-0.25, -0.2) is 4.68 Å². The quantitative estimate of drug-likeness (QED) is 0.414. The van der Waals surface area contributed by atoms with E-state index >= 15 is 0 Å². The van der Waals surface area contributed by atoms with E-state index < -0.39 is 0 Å². The van der Waals surface area contributed by atoms with Crippen molar-refractivity contribution in [2.45, 2.75) is 24.7 Å². The highest BCUT2D eigenvalue weighted by Gasteiger charge is 2.38. The topological polar surface area (TPSA) is 63.3 Å². The fourth-order valence-electron chi connectivity index (χ4n) is 4.83. The molecule has 162 valence electrons. The molecular formula is C25H24N4O3. The molecule has 1 saturated carbocycles. The van der Waals surface area contributed by atoms with Gasteiger partial charge in [0, 0.05) is 17.8 Å². The Hall–Kier alpha value is -3.74. The van der Waals surface area contributed by atoms with Gasteiger partial charge in [-0.2, -0.15) is 0 Å². The van der Waals surface area contributed by atoms with Crippen LogP contribution in [-0.4, -0.2) is 40.9 Å². The SMILES string of the molecule is COc1cc(C2c3cccn3-c3ccccc3-n3nnc(C4CC4)c32)cc(OC)c1OC. The van der Waals surface area contributed by atoms with Gasteiger partial charge < -0.3 is 18.8 Å². The lowest BCUT2D eigenvalue weighted by Crippen LogP contribution is -2.12. The van der Waals surface area contributed by atoms with Crippen LogP contribution in [0.2, 0.25) is 0 Å². The lowest BCUT2D eigenvalue weighted by molar-refractivity contribution is 0.323. The molecule has 4 aromatic rings. The van der Waals surface area contributed by atoms with Gasteiger partial charge in [-0.05, 0) is 54.8 Å². The minimum atomic E-state index is -0.100. The molecule has 6 rings (SSSR count). The second-order valence-corrected chi connectivity index (χ2v) is 8.23. The van der Waals surface area contributed by atoms with Crippen LogP contribution in [0.4, 0.5) is 0 Å². The largest absolute Gasteiger partial charge is 0.493 e. The fourth-order valence-corrected chi connectivity index (χ4v) is 4.83. The summed E-state index contributed by atoms with van der Waals surface area (Å²) < 4.78 is 21.2. The van der Waals surface area contributed by atoms with Crippen LogP contribution in [0.3, 0.4) is 0 Å². The van der Waals surface area contributed by atoms with Gasteiger partial charge in [0.05, 0.1) is 50.0 Å². The highest BCUT2D eigenvalue weighted by Crippen LogP contribution is 2.49. The Morgan fingerprint density at radius 1 is 0.875 bits per heavy atom. The first-order chi connectivity index (χ1) is 15.7. The van der Waals surface area contributed by atoms with Gasteiger partial charge in [-0.3, -0.25) is 0 Å². The molecule has 1 atom stereocenters. The maximum atomic E-state index is 5.68. The molecule has 3 heterocycles. The van der Waals surface area contributed by atoms with E-state index in [1.807, 2.05) is 22.9 Å². The third-order valence-electron chi connectivity index (χ3n) is 6.44. The van der Waals surface area contributed by atoms with Crippen molar-refractivity contribution in [3.05, 3.63) is 77.4 Å². The van der Waals surface area contributed by atoms with Gasteiger partial charge in [0.15, 0.2) is 11.5 Å². The summed E-state index contributed by atoms with van der Waals surface area (Å²) in [4.78, 5) is 0. The van der Waals surface area contributed by atoms with Gasteiger partial charge in [0.1, 0.15) is 0 Å². The smallest absolute Gasteiger partial charge is 0.203 e. The molecule has 1 aliphatic heterocycles. The lowest BCUT2D eigenvalue weighted by atomic mass is 9.89. The summed E-state index contributed by atoms with van der Waals surface area (Å²) in [6, 6.07) is 16.7. The molecular weight excluding hydrogens is 404 g/mol. The van der Waals surface area contributed by atoms with Gasteiger partial charge in [0.25, 0.3) is 0 Å². The number of hydrogen-bond acceptors (Lipinski definition) is 5. The summed E-state index contributed by atoms with van der Waals surface area (Å²) in [5.41, 5.74) is 6.47. The Morgan fingerprint density at radius 2 is 1.59 bits per heavy atom. The Balaban J connectivity index is 1.68. The molecule has 0 bridgehead atoms. The van der Waals surface area contributed by atoms with Gasteiger partial charge >= 0.3 is 0 Å². The maximum absolute atomic E-state index is 5.68. The van der Waals surface area contributed by atoms with Crippen molar-refractivity contribution < 1.29 is 14.2 Å². The molecule has 2 aromatic carbocycles. The van der Waals surface area contributed by atoms with Gasteiger partial charge in [-0.15, -0.1) is 5.10 Å². The van der Waals surface area contributed by atoms with Crippen LogP contribution < -0.4 is 14.2 Å². The van der Waals surface area contributed by atoms with Crippen LogP contribution in [0.25, 0.3) is 11.4 Å². The van der Waals surface area contributed by atoms with E-state index in [4.69, 9.17) is 14.2 Å². The third kappa shape index (κ3) is 2.67. The van der Waals surface area contributed by atoms with Crippen molar-refractivity contribution in [1.29, 1.82) is 0 Å². The van der Waals surface area contributed by atoms with E-state index in [-0.39, 0.29) is 5.92 Å². The summed E-state index contributed by atoms with van der Waals surface area (Å²) in [6.45, 7) is 0. The standard InChI is InChI=1S/C25H24N4O3/c1-30-20-13-16(14-21(31-2)25(20)32-3)22-19-9-6-12-28(19)17-7-4-5-8-18(17)29-24(22)23(26-27-29)15-10-11-15/h4-9,12-15,22H,10-11H2,1-3H3. The predicted molar refractivity (Wildman–Crippen MR) is 120 cm³/mol. The van der Waals surface area contributed by atoms with Crippen molar-refractivity contribution in [3.8, 4) is 28.6 Å². The minimum absolute atomic E-state index is 0.100. The summed E-state index contributed by atoms with van der Waals surface area (Å²) >= 11 is 0. The van der Waals surface area contributed by atoms with Crippen LogP contribution in [0.5, 0.6) is 17.2 Å². The molecule has 2 aromatic heterocycles. The number of benzene rings is 2. The molecule has 7 nitrogen and oxygen atoms in total. The average Bonchev–Trinajstić information content (AvgIpc) is 3.44. The third-order valence-corrected chi connectivity index (χ3v) is 6.44. The summed E-state index contributed by atoms with van der Waals surface area (Å²) in [5.74, 6) is 2.20. The molecule has 0 saturated heterocycles. The predicted octanol–water partition coefficient (Wildman–Crippen LogP) is 4.45. The Labute approximate surface area is 186 Å². The zero-order chi connectivity index (χ0) is 21.8.